The summed E-state index contributed by atoms with van der Waals surface area (Å²) >= 11 is 0. The SMILES string of the molecule is c1cnc2[nH]cc(CNCCc3ncon3)c2c1. The summed E-state index contributed by atoms with van der Waals surface area (Å²) in [5.41, 5.74) is 2.14. The molecule has 0 aliphatic heterocycles. The Hall–Kier alpha value is -2.21. The molecule has 0 fully saturated rings. The van der Waals surface area contributed by atoms with Crippen molar-refractivity contribution < 1.29 is 4.52 Å². The van der Waals surface area contributed by atoms with Gasteiger partial charge in [0.05, 0.1) is 0 Å². The predicted octanol–water partition coefficient (Wildman–Crippen LogP) is 1.28. The van der Waals surface area contributed by atoms with E-state index in [1.807, 2.05) is 12.3 Å². The Morgan fingerprint density at radius 1 is 1.33 bits per heavy atom. The van der Waals surface area contributed by atoms with Gasteiger partial charge in [-0.1, -0.05) is 5.16 Å². The summed E-state index contributed by atoms with van der Waals surface area (Å²) in [6.07, 6.45) is 5.88. The summed E-state index contributed by atoms with van der Waals surface area (Å²) < 4.78 is 4.67. The number of pyridine rings is 1. The second kappa shape index (κ2) is 4.97. The molecule has 3 rings (SSSR count). The van der Waals surface area contributed by atoms with Crippen molar-refractivity contribution in [1.29, 1.82) is 0 Å². The first kappa shape index (κ1) is 10.9. The highest BCUT2D eigenvalue weighted by molar-refractivity contribution is 5.79. The average molecular weight is 243 g/mol. The van der Waals surface area contributed by atoms with Crippen molar-refractivity contribution in [2.24, 2.45) is 0 Å². The molecule has 18 heavy (non-hydrogen) atoms. The van der Waals surface area contributed by atoms with E-state index >= 15 is 0 Å². The van der Waals surface area contributed by atoms with Crippen molar-refractivity contribution in [1.82, 2.24) is 25.4 Å². The summed E-state index contributed by atoms with van der Waals surface area (Å²) in [5.74, 6) is 0.725. The van der Waals surface area contributed by atoms with Crippen LogP contribution in [0.15, 0.2) is 35.4 Å². The monoisotopic (exact) mass is 243 g/mol. The molecule has 3 aromatic rings. The number of fused-ring (bicyclic) bond motifs is 1. The molecule has 0 saturated carbocycles. The predicted molar refractivity (Wildman–Crippen MR) is 65.8 cm³/mol. The van der Waals surface area contributed by atoms with Crippen LogP contribution in [0.25, 0.3) is 11.0 Å². The molecule has 0 unspecified atom stereocenters. The molecule has 3 heterocycles. The highest BCUT2D eigenvalue weighted by atomic mass is 16.5. The first-order valence-corrected chi connectivity index (χ1v) is 5.80. The maximum absolute atomic E-state index is 4.67. The second-order valence-corrected chi connectivity index (χ2v) is 3.99. The Balaban J connectivity index is 1.57. The van der Waals surface area contributed by atoms with Gasteiger partial charge >= 0.3 is 0 Å². The lowest BCUT2D eigenvalue weighted by Crippen LogP contribution is -2.16. The molecule has 0 atom stereocenters. The third-order valence-corrected chi connectivity index (χ3v) is 2.78. The number of nitrogens with one attached hydrogen (secondary N) is 2. The third kappa shape index (κ3) is 2.23. The van der Waals surface area contributed by atoms with Gasteiger partial charge in [-0.15, -0.1) is 0 Å². The molecular formula is C12H13N5O. The van der Waals surface area contributed by atoms with Crippen LogP contribution in [0.5, 0.6) is 0 Å². The summed E-state index contributed by atoms with van der Waals surface area (Å²) in [4.78, 5) is 11.4. The van der Waals surface area contributed by atoms with E-state index in [4.69, 9.17) is 0 Å². The number of hydrogen-bond acceptors (Lipinski definition) is 5. The smallest absolute Gasteiger partial charge is 0.213 e. The van der Waals surface area contributed by atoms with Crippen molar-refractivity contribution in [3.8, 4) is 0 Å². The third-order valence-electron chi connectivity index (χ3n) is 2.78. The van der Waals surface area contributed by atoms with Crippen LogP contribution in [0, 0.1) is 0 Å². The zero-order valence-corrected chi connectivity index (χ0v) is 9.76. The number of H-pyrrole nitrogens is 1. The van der Waals surface area contributed by atoms with Crippen LogP contribution in [0.4, 0.5) is 0 Å². The highest BCUT2D eigenvalue weighted by Crippen LogP contribution is 2.14. The Bertz CT molecular complexity index is 616. The van der Waals surface area contributed by atoms with Gasteiger partial charge in [-0.2, -0.15) is 4.98 Å². The van der Waals surface area contributed by atoms with Crippen molar-refractivity contribution in [2.75, 3.05) is 6.54 Å². The van der Waals surface area contributed by atoms with E-state index in [1.165, 1.54) is 12.0 Å². The van der Waals surface area contributed by atoms with Gasteiger partial charge in [0.2, 0.25) is 6.39 Å². The van der Waals surface area contributed by atoms with Crippen LogP contribution in [-0.2, 0) is 13.0 Å². The summed E-state index contributed by atoms with van der Waals surface area (Å²) in [7, 11) is 0. The van der Waals surface area contributed by atoms with Crippen molar-refractivity contribution in [3.05, 3.63) is 42.3 Å². The molecule has 0 aliphatic carbocycles. The maximum Gasteiger partial charge on any atom is 0.213 e. The van der Waals surface area contributed by atoms with E-state index in [9.17, 15) is 0 Å². The molecule has 0 saturated heterocycles. The molecule has 0 radical (unpaired) electrons. The van der Waals surface area contributed by atoms with Crippen LogP contribution < -0.4 is 5.32 Å². The van der Waals surface area contributed by atoms with Crippen molar-refractivity contribution in [2.45, 2.75) is 13.0 Å². The quantitative estimate of drug-likeness (QED) is 0.660. The number of aromatic nitrogens is 4. The van der Waals surface area contributed by atoms with E-state index in [-0.39, 0.29) is 0 Å². The molecule has 0 aromatic carbocycles. The van der Waals surface area contributed by atoms with Crippen LogP contribution in [0.3, 0.4) is 0 Å². The summed E-state index contributed by atoms with van der Waals surface area (Å²) in [6.45, 7) is 1.61. The van der Waals surface area contributed by atoms with E-state index in [2.05, 4.69) is 36.0 Å². The van der Waals surface area contributed by atoms with Gasteiger partial charge in [0, 0.05) is 37.3 Å². The lowest BCUT2D eigenvalue weighted by atomic mass is 10.2. The molecule has 0 bridgehead atoms. The van der Waals surface area contributed by atoms with Crippen LogP contribution in [0.2, 0.25) is 0 Å². The molecular weight excluding hydrogens is 230 g/mol. The Kier molecular flexibility index (Phi) is 3.01. The van der Waals surface area contributed by atoms with E-state index in [1.54, 1.807) is 6.20 Å². The lowest BCUT2D eigenvalue weighted by Gasteiger charge is -2.01. The van der Waals surface area contributed by atoms with Crippen molar-refractivity contribution in [3.63, 3.8) is 0 Å². The fraction of sp³-hybridized carbons (Fsp3) is 0.250. The van der Waals surface area contributed by atoms with Gasteiger partial charge in [-0.25, -0.2) is 4.98 Å². The second-order valence-electron chi connectivity index (χ2n) is 3.99. The minimum absolute atomic E-state index is 0.725. The fourth-order valence-electron chi connectivity index (χ4n) is 1.88. The summed E-state index contributed by atoms with van der Waals surface area (Å²) in [6, 6.07) is 4.01. The largest absolute Gasteiger partial charge is 0.346 e. The first-order valence-electron chi connectivity index (χ1n) is 5.80. The van der Waals surface area contributed by atoms with Crippen molar-refractivity contribution >= 4 is 11.0 Å². The molecule has 2 N–H and O–H groups in total. The zero-order valence-electron chi connectivity index (χ0n) is 9.76. The maximum atomic E-state index is 4.67. The number of nitrogens with zero attached hydrogens (tertiary/aromatic N) is 3. The van der Waals surface area contributed by atoms with E-state index in [0.29, 0.717) is 0 Å². The summed E-state index contributed by atoms with van der Waals surface area (Å²) in [5, 5.41) is 8.26. The average Bonchev–Trinajstić information content (AvgIpc) is 3.04. The molecule has 6 heteroatoms. The first-order chi connectivity index (χ1) is 8.93. The van der Waals surface area contributed by atoms with Crippen LogP contribution in [-0.4, -0.2) is 26.7 Å². The standard InChI is InChI=1S/C12H13N5O/c1-2-10-9(7-15-12(10)14-4-1)6-13-5-3-11-16-8-18-17-11/h1-2,4,7-8,13H,3,5-6H2,(H,14,15). The van der Waals surface area contributed by atoms with Gasteiger partial charge in [0.15, 0.2) is 5.82 Å². The van der Waals surface area contributed by atoms with Gasteiger partial charge < -0.3 is 14.8 Å². The number of rotatable bonds is 5. The topological polar surface area (TPSA) is 79.6 Å². The van der Waals surface area contributed by atoms with Gasteiger partial charge in [-0.05, 0) is 17.7 Å². The fourth-order valence-corrected chi connectivity index (χ4v) is 1.88. The number of hydrogen-bond donors (Lipinski definition) is 2. The molecule has 92 valence electrons. The van der Waals surface area contributed by atoms with Gasteiger partial charge in [0.25, 0.3) is 0 Å². The molecule has 0 spiro atoms. The molecule has 0 aliphatic rings. The normalized spacial score (nSPS) is 11.1. The highest BCUT2D eigenvalue weighted by Gasteiger charge is 2.03. The van der Waals surface area contributed by atoms with E-state index in [0.717, 1.165) is 36.4 Å². The van der Waals surface area contributed by atoms with Gasteiger partial charge in [0.1, 0.15) is 5.65 Å². The molecule has 6 nitrogen and oxygen atoms in total. The molecule has 0 amide bonds. The van der Waals surface area contributed by atoms with Crippen LogP contribution >= 0.6 is 0 Å². The zero-order chi connectivity index (χ0) is 12.2. The van der Waals surface area contributed by atoms with Crippen LogP contribution in [0.1, 0.15) is 11.4 Å². The Labute approximate surface area is 103 Å². The minimum atomic E-state index is 0.725. The number of aromatic amines is 1. The Morgan fingerprint density at radius 2 is 2.33 bits per heavy atom. The minimum Gasteiger partial charge on any atom is -0.346 e. The lowest BCUT2D eigenvalue weighted by molar-refractivity contribution is 0.409. The van der Waals surface area contributed by atoms with E-state index < -0.39 is 0 Å². The van der Waals surface area contributed by atoms with Gasteiger partial charge in [-0.3, -0.25) is 0 Å². The molecule has 3 aromatic heterocycles. The Morgan fingerprint density at radius 3 is 3.22 bits per heavy atom.